The molecule has 7 heteroatoms. The van der Waals surface area contributed by atoms with E-state index in [1.54, 1.807) is 24.3 Å². The largest absolute Gasteiger partial charge is 0.297 e. The number of rotatable bonds is 13. The minimum atomic E-state index is -4.01. The summed E-state index contributed by atoms with van der Waals surface area (Å²) in [5.74, 6) is 0. The topological polar surface area (TPSA) is 86.5 Å². The number of nitrogens with zero attached hydrogens (tertiary/aromatic N) is 1. The Bertz CT molecular complexity index is 982. The van der Waals surface area contributed by atoms with Crippen molar-refractivity contribution in [1.82, 2.24) is 0 Å². The van der Waals surface area contributed by atoms with E-state index in [1.807, 2.05) is 13.0 Å². The molecular formula is C24H31NO5S. The van der Waals surface area contributed by atoms with E-state index >= 15 is 0 Å². The Morgan fingerprint density at radius 1 is 1.00 bits per heavy atom. The lowest BCUT2D eigenvalue weighted by molar-refractivity contribution is -0.385. The van der Waals surface area contributed by atoms with E-state index in [4.69, 9.17) is 4.18 Å². The molecular weight excluding hydrogens is 414 g/mol. The highest BCUT2D eigenvalue weighted by Crippen LogP contribution is 2.24. The summed E-state index contributed by atoms with van der Waals surface area (Å²) in [7, 11) is -4.01. The van der Waals surface area contributed by atoms with Crippen molar-refractivity contribution in [3.05, 3.63) is 75.3 Å². The Morgan fingerprint density at radius 3 is 2.35 bits per heavy atom. The Hall–Kier alpha value is -2.51. The van der Waals surface area contributed by atoms with Crippen molar-refractivity contribution in [3.63, 3.8) is 0 Å². The normalized spacial score (nSPS) is 11.8. The maximum Gasteiger partial charge on any atom is 0.297 e. The highest BCUT2D eigenvalue weighted by molar-refractivity contribution is 7.86. The summed E-state index contributed by atoms with van der Waals surface area (Å²) in [6.07, 6.45) is 12.2. The molecule has 0 amide bonds. The first-order valence-electron chi connectivity index (χ1n) is 10.7. The van der Waals surface area contributed by atoms with Crippen LogP contribution in [0.25, 0.3) is 6.08 Å². The van der Waals surface area contributed by atoms with Crippen LogP contribution >= 0.6 is 0 Å². The molecule has 2 aromatic rings. The van der Waals surface area contributed by atoms with E-state index in [1.165, 1.54) is 50.3 Å². The zero-order chi connectivity index (χ0) is 22.7. The summed E-state index contributed by atoms with van der Waals surface area (Å²) in [6, 6.07) is 10.9. The molecule has 0 unspecified atom stereocenters. The maximum absolute atomic E-state index is 12.4. The average Bonchev–Trinajstić information content (AvgIpc) is 2.74. The van der Waals surface area contributed by atoms with Crippen molar-refractivity contribution in [2.45, 2.75) is 70.3 Å². The molecule has 168 valence electrons. The van der Waals surface area contributed by atoms with Gasteiger partial charge in [-0.2, -0.15) is 8.42 Å². The third-order valence-electron chi connectivity index (χ3n) is 5.01. The van der Waals surface area contributed by atoms with Gasteiger partial charge in [-0.25, -0.2) is 0 Å². The standard InChI is InChI=1S/C24H31NO5S/c1-3-4-5-6-7-8-9-10-11-21-14-17-24(25(26)27)22(18-21)19-30-31(28,29)23-15-12-20(2)13-16-23/h10-18H,3-9,19H2,1-2H3/b11-10+. The molecule has 0 radical (unpaired) electrons. The van der Waals surface area contributed by atoms with Crippen molar-refractivity contribution in [2.75, 3.05) is 0 Å². The molecule has 0 aromatic heterocycles. The van der Waals surface area contributed by atoms with Gasteiger partial charge in [0.1, 0.15) is 0 Å². The Labute approximate surface area is 185 Å². The van der Waals surface area contributed by atoms with Gasteiger partial charge in [0.2, 0.25) is 0 Å². The van der Waals surface area contributed by atoms with Crippen LogP contribution in [-0.4, -0.2) is 13.3 Å². The number of nitro benzene ring substituents is 1. The highest BCUT2D eigenvalue weighted by atomic mass is 32.2. The van der Waals surface area contributed by atoms with Crippen LogP contribution in [0.4, 0.5) is 5.69 Å². The molecule has 2 aromatic carbocycles. The van der Waals surface area contributed by atoms with Crippen LogP contribution in [0.2, 0.25) is 0 Å². The Kier molecular flexibility index (Phi) is 9.88. The van der Waals surface area contributed by atoms with Crippen LogP contribution in [0, 0.1) is 17.0 Å². The fraction of sp³-hybridized carbons (Fsp3) is 0.417. The van der Waals surface area contributed by atoms with Crippen molar-refractivity contribution in [2.24, 2.45) is 0 Å². The lowest BCUT2D eigenvalue weighted by Gasteiger charge is -2.08. The van der Waals surface area contributed by atoms with Gasteiger partial charge in [-0.1, -0.05) is 68.9 Å². The van der Waals surface area contributed by atoms with Crippen molar-refractivity contribution in [3.8, 4) is 0 Å². The molecule has 31 heavy (non-hydrogen) atoms. The predicted molar refractivity (Wildman–Crippen MR) is 123 cm³/mol. The number of nitro groups is 1. The van der Waals surface area contributed by atoms with Crippen LogP contribution in [0.1, 0.15) is 68.6 Å². The molecule has 2 rings (SSSR count). The fourth-order valence-electron chi connectivity index (χ4n) is 3.18. The van der Waals surface area contributed by atoms with Crippen molar-refractivity contribution in [1.29, 1.82) is 0 Å². The molecule has 0 N–H and O–H groups in total. The summed E-state index contributed by atoms with van der Waals surface area (Å²) in [5, 5.41) is 11.4. The second-order valence-electron chi connectivity index (χ2n) is 7.63. The number of hydrogen-bond acceptors (Lipinski definition) is 5. The van der Waals surface area contributed by atoms with Gasteiger partial charge in [0.25, 0.3) is 15.8 Å². The first-order chi connectivity index (χ1) is 14.8. The summed E-state index contributed by atoms with van der Waals surface area (Å²) in [6.45, 7) is 3.65. The summed E-state index contributed by atoms with van der Waals surface area (Å²) < 4.78 is 30.0. The van der Waals surface area contributed by atoms with Crippen LogP contribution in [-0.2, 0) is 20.9 Å². The molecule has 0 heterocycles. The molecule has 0 aliphatic rings. The number of hydrogen-bond donors (Lipinski definition) is 0. The molecule has 0 saturated heterocycles. The van der Waals surface area contributed by atoms with Gasteiger partial charge in [0.15, 0.2) is 0 Å². The SMILES string of the molecule is CCCCCCCC/C=C/c1ccc([N+](=O)[O-])c(COS(=O)(=O)c2ccc(C)cc2)c1. The average molecular weight is 446 g/mol. The Balaban J connectivity index is 2.02. The predicted octanol–water partition coefficient (Wildman–Crippen LogP) is 6.57. The lowest BCUT2D eigenvalue weighted by atomic mass is 10.1. The second-order valence-corrected chi connectivity index (χ2v) is 9.25. The third kappa shape index (κ3) is 8.26. The number of benzene rings is 2. The smallest absolute Gasteiger partial charge is 0.261 e. The number of allylic oxidation sites excluding steroid dienone is 1. The van der Waals surface area contributed by atoms with Gasteiger partial charge < -0.3 is 0 Å². The molecule has 0 saturated carbocycles. The molecule has 0 aliphatic carbocycles. The van der Waals surface area contributed by atoms with Gasteiger partial charge in [-0.3, -0.25) is 14.3 Å². The summed E-state index contributed by atoms with van der Waals surface area (Å²) in [5.41, 5.74) is 1.77. The Morgan fingerprint density at radius 2 is 1.68 bits per heavy atom. The van der Waals surface area contributed by atoms with E-state index in [9.17, 15) is 18.5 Å². The van der Waals surface area contributed by atoms with Gasteiger partial charge in [0.05, 0.1) is 22.0 Å². The van der Waals surface area contributed by atoms with Gasteiger partial charge in [-0.05, 0) is 49.6 Å². The fourth-order valence-corrected chi connectivity index (χ4v) is 4.07. The van der Waals surface area contributed by atoms with E-state index in [0.29, 0.717) is 0 Å². The van der Waals surface area contributed by atoms with Crippen LogP contribution in [0.5, 0.6) is 0 Å². The van der Waals surface area contributed by atoms with Crippen molar-refractivity contribution >= 4 is 21.9 Å². The minimum absolute atomic E-state index is 0.0238. The van der Waals surface area contributed by atoms with Crippen LogP contribution < -0.4 is 0 Å². The van der Waals surface area contributed by atoms with Gasteiger partial charge >= 0.3 is 0 Å². The van der Waals surface area contributed by atoms with E-state index in [-0.39, 0.29) is 16.1 Å². The highest BCUT2D eigenvalue weighted by Gasteiger charge is 2.19. The monoisotopic (exact) mass is 445 g/mol. The summed E-state index contributed by atoms with van der Waals surface area (Å²) in [4.78, 5) is 10.9. The number of aryl methyl sites for hydroxylation is 1. The quantitative estimate of drug-likeness (QED) is 0.151. The van der Waals surface area contributed by atoms with E-state index in [2.05, 4.69) is 13.0 Å². The van der Waals surface area contributed by atoms with E-state index in [0.717, 1.165) is 24.0 Å². The molecule has 0 aliphatic heterocycles. The zero-order valence-corrected chi connectivity index (χ0v) is 19.1. The lowest BCUT2D eigenvalue weighted by Crippen LogP contribution is -2.08. The molecule has 0 atom stereocenters. The molecule has 0 bridgehead atoms. The molecule has 0 fully saturated rings. The van der Waals surface area contributed by atoms with Gasteiger partial charge in [0, 0.05) is 6.07 Å². The first-order valence-corrected chi connectivity index (χ1v) is 12.1. The van der Waals surface area contributed by atoms with Crippen LogP contribution in [0.3, 0.4) is 0 Å². The zero-order valence-electron chi connectivity index (χ0n) is 18.2. The third-order valence-corrected chi connectivity index (χ3v) is 6.29. The van der Waals surface area contributed by atoms with Crippen LogP contribution in [0.15, 0.2) is 53.4 Å². The number of unbranched alkanes of at least 4 members (excludes halogenated alkanes) is 6. The molecule has 6 nitrogen and oxygen atoms in total. The maximum atomic E-state index is 12.4. The van der Waals surface area contributed by atoms with E-state index < -0.39 is 21.6 Å². The summed E-state index contributed by atoms with van der Waals surface area (Å²) >= 11 is 0. The minimum Gasteiger partial charge on any atom is -0.261 e. The first kappa shape index (κ1) is 24.8. The molecule has 0 spiro atoms. The van der Waals surface area contributed by atoms with Gasteiger partial charge in [-0.15, -0.1) is 0 Å². The second kappa shape index (κ2) is 12.4. The van der Waals surface area contributed by atoms with Crippen molar-refractivity contribution < 1.29 is 17.5 Å².